The summed E-state index contributed by atoms with van der Waals surface area (Å²) >= 11 is 0. The monoisotopic (exact) mass is 354 g/mol. The lowest BCUT2D eigenvalue weighted by Gasteiger charge is -2.41. The first-order valence-corrected chi connectivity index (χ1v) is 9.74. The molecule has 4 nitrogen and oxygen atoms in total. The van der Waals surface area contributed by atoms with E-state index in [9.17, 15) is 9.90 Å². The smallest absolute Gasteiger partial charge is 0.222 e. The molecular formula is C22H30N2O2. The number of aliphatic hydroxyl groups excluding tert-OH is 1. The zero-order valence-electron chi connectivity index (χ0n) is 15.9. The van der Waals surface area contributed by atoms with Crippen LogP contribution in [0.4, 0.5) is 0 Å². The Morgan fingerprint density at radius 1 is 1.19 bits per heavy atom. The zero-order valence-corrected chi connectivity index (χ0v) is 15.9. The number of aryl methyl sites for hydroxylation is 1. The first kappa shape index (κ1) is 18.9. The summed E-state index contributed by atoms with van der Waals surface area (Å²) in [6.45, 7) is 7.07. The molecule has 2 atom stereocenters. The SMILES string of the molecule is CC[C@@H]1CN(C(=O)CCc2ccc3ccccc3c2)CCN1C[C@@H](C)O. The van der Waals surface area contributed by atoms with E-state index in [0.29, 0.717) is 19.0 Å². The second kappa shape index (κ2) is 8.65. The topological polar surface area (TPSA) is 43.8 Å². The molecule has 4 heteroatoms. The van der Waals surface area contributed by atoms with Crippen LogP contribution in [0.25, 0.3) is 10.8 Å². The van der Waals surface area contributed by atoms with E-state index in [1.165, 1.54) is 16.3 Å². The molecule has 3 rings (SSSR count). The Morgan fingerprint density at radius 2 is 1.96 bits per heavy atom. The zero-order chi connectivity index (χ0) is 18.5. The molecule has 2 aromatic rings. The maximum atomic E-state index is 12.7. The van der Waals surface area contributed by atoms with Gasteiger partial charge in [-0.05, 0) is 36.1 Å². The fraction of sp³-hybridized carbons (Fsp3) is 0.500. The van der Waals surface area contributed by atoms with E-state index in [1.54, 1.807) is 0 Å². The van der Waals surface area contributed by atoms with Gasteiger partial charge in [-0.25, -0.2) is 0 Å². The molecule has 1 aliphatic heterocycles. The number of fused-ring (bicyclic) bond motifs is 1. The van der Waals surface area contributed by atoms with Gasteiger partial charge in [-0.1, -0.05) is 49.4 Å². The van der Waals surface area contributed by atoms with Crippen LogP contribution >= 0.6 is 0 Å². The Labute approximate surface area is 156 Å². The van der Waals surface area contributed by atoms with Gasteiger partial charge in [0, 0.05) is 38.6 Å². The first-order valence-electron chi connectivity index (χ1n) is 9.74. The molecule has 1 amide bonds. The summed E-state index contributed by atoms with van der Waals surface area (Å²) in [6.07, 6.45) is 2.03. The van der Waals surface area contributed by atoms with E-state index in [-0.39, 0.29) is 12.0 Å². The van der Waals surface area contributed by atoms with Crippen LogP contribution in [0, 0.1) is 0 Å². The van der Waals surface area contributed by atoms with Gasteiger partial charge in [0.2, 0.25) is 5.91 Å². The summed E-state index contributed by atoms with van der Waals surface area (Å²) in [6, 6.07) is 15.1. The maximum Gasteiger partial charge on any atom is 0.222 e. The number of nitrogens with zero attached hydrogens (tertiary/aromatic N) is 2. The minimum Gasteiger partial charge on any atom is -0.392 e. The molecule has 2 aromatic carbocycles. The van der Waals surface area contributed by atoms with E-state index >= 15 is 0 Å². The second-order valence-corrected chi connectivity index (χ2v) is 7.43. The van der Waals surface area contributed by atoms with Gasteiger partial charge in [-0.15, -0.1) is 0 Å². The number of hydrogen-bond donors (Lipinski definition) is 1. The second-order valence-electron chi connectivity index (χ2n) is 7.43. The van der Waals surface area contributed by atoms with Gasteiger partial charge in [-0.3, -0.25) is 9.69 Å². The van der Waals surface area contributed by atoms with Crippen molar-refractivity contribution in [2.24, 2.45) is 0 Å². The van der Waals surface area contributed by atoms with Crippen LogP contribution in [0.15, 0.2) is 42.5 Å². The molecule has 140 valence electrons. The third-order valence-corrected chi connectivity index (χ3v) is 5.37. The van der Waals surface area contributed by atoms with Crippen molar-refractivity contribution in [1.82, 2.24) is 9.80 Å². The Bertz CT molecular complexity index is 744. The highest BCUT2D eigenvalue weighted by Crippen LogP contribution is 2.18. The molecule has 1 saturated heterocycles. The molecule has 1 fully saturated rings. The van der Waals surface area contributed by atoms with Crippen LogP contribution in [0.1, 0.15) is 32.3 Å². The van der Waals surface area contributed by atoms with Crippen LogP contribution in [0.3, 0.4) is 0 Å². The molecule has 1 heterocycles. The minimum absolute atomic E-state index is 0.244. The Hall–Kier alpha value is -1.91. The van der Waals surface area contributed by atoms with Crippen molar-refractivity contribution in [1.29, 1.82) is 0 Å². The number of carbonyl (C=O) groups excluding carboxylic acids is 1. The number of rotatable bonds is 6. The predicted molar refractivity (Wildman–Crippen MR) is 106 cm³/mol. The van der Waals surface area contributed by atoms with E-state index in [1.807, 2.05) is 17.9 Å². The number of hydrogen-bond acceptors (Lipinski definition) is 3. The van der Waals surface area contributed by atoms with Crippen molar-refractivity contribution in [2.45, 2.75) is 45.3 Å². The van der Waals surface area contributed by atoms with Gasteiger partial charge in [0.05, 0.1) is 6.10 Å². The van der Waals surface area contributed by atoms with Gasteiger partial charge in [0.25, 0.3) is 0 Å². The van der Waals surface area contributed by atoms with E-state index < -0.39 is 0 Å². The lowest BCUT2D eigenvalue weighted by atomic mass is 10.0. The molecule has 1 aliphatic rings. The predicted octanol–water partition coefficient (Wildman–Crippen LogP) is 3.08. The average molecular weight is 354 g/mol. The Kier molecular flexibility index (Phi) is 6.28. The molecule has 0 radical (unpaired) electrons. The van der Waals surface area contributed by atoms with Crippen LogP contribution in [0.2, 0.25) is 0 Å². The highest BCUT2D eigenvalue weighted by Gasteiger charge is 2.28. The molecular weight excluding hydrogens is 324 g/mol. The summed E-state index contributed by atoms with van der Waals surface area (Å²) in [5.41, 5.74) is 1.22. The lowest BCUT2D eigenvalue weighted by Crippen LogP contribution is -2.55. The molecule has 26 heavy (non-hydrogen) atoms. The molecule has 0 saturated carbocycles. The van der Waals surface area contributed by atoms with E-state index in [4.69, 9.17) is 0 Å². The standard InChI is InChI=1S/C22H30N2O2/c1-3-21-16-24(13-12-23(21)15-17(2)25)22(26)11-9-18-8-10-19-6-4-5-7-20(19)14-18/h4-8,10,14,17,21,25H,3,9,11-13,15-16H2,1-2H3/t17-,21-/m1/s1. The summed E-state index contributed by atoms with van der Waals surface area (Å²) in [5.74, 6) is 0.244. The van der Waals surface area contributed by atoms with Gasteiger partial charge in [0.15, 0.2) is 0 Å². The van der Waals surface area contributed by atoms with Crippen molar-refractivity contribution in [3.63, 3.8) is 0 Å². The lowest BCUT2D eigenvalue weighted by molar-refractivity contribution is -0.134. The Morgan fingerprint density at radius 3 is 2.69 bits per heavy atom. The highest BCUT2D eigenvalue weighted by atomic mass is 16.3. The number of β-amino-alcohol motifs (C(OH)–C–C–N with tert-alkyl or cyclic N) is 1. The largest absolute Gasteiger partial charge is 0.392 e. The summed E-state index contributed by atoms with van der Waals surface area (Å²) in [5, 5.41) is 12.1. The maximum absolute atomic E-state index is 12.7. The number of amides is 1. The van der Waals surface area contributed by atoms with Gasteiger partial charge in [0.1, 0.15) is 0 Å². The van der Waals surface area contributed by atoms with Crippen LogP contribution in [-0.4, -0.2) is 59.1 Å². The molecule has 0 unspecified atom stereocenters. The van der Waals surface area contributed by atoms with Crippen molar-refractivity contribution in [3.8, 4) is 0 Å². The minimum atomic E-state index is -0.320. The fourth-order valence-electron chi connectivity index (χ4n) is 3.89. The number of benzene rings is 2. The first-order chi connectivity index (χ1) is 12.6. The van der Waals surface area contributed by atoms with Gasteiger partial charge < -0.3 is 10.0 Å². The van der Waals surface area contributed by atoms with Gasteiger partial charge in [-0.2, -0.15) is 0 Å². The normalized spacial score (nSPS) is 19.7. The average Bonchev–Trinajstić information content (AvgIpc) is 2.65. The summed E-state index contributed by atoms with van der Waals surface area (Å²) in [7, 11) is 0. The number of aliphatic hydroxyl groups is 1. The van der Waals surface area contributed by atoms with Crippen LogP contribution in [-0.2, 0) is 11.2 Å². The quantitative estimate of drug-likeness (QED) is 0.867. The van der Waals surface area contributed by atoms with Crippen molar-refractivity contribution < 1.29 is 9.90 Å². The molecule has 0 spiro atoms. The van der Waals surface area contributed by atoms with Gasteiger partial charge >= 0.3 is 0 Å². The van der Waals surface area contributed by atoms with Crippen LogP contribution < -0.4 is 0 Å². The van der Waals surface area contributed by atoms with Crippen LogP contribution in [0.5, 0.6) is 0 Å². The third-order valence-electron chi connectivity index (χ3n) is 5.37. The molecule has 1 N–H and O–H groups in total. The van der Waals surface area contributed by atoms with Crippen molar-refractivity contribution in [2.75, 3.05) is 26.2 Å². The molecule has 0 bridgehead atoms. The summed E-state index contributed by atoms with van der Waals surface area (Å²) in [4.78, 5) is 17.0. The highest BCUT2D eigenvalue weighted by molar-refractivity contribution is 5.83. The summed E-state index contributed by atoms with van der Waals surface area (Å²) < 4.78 is 0. The third kappa shape index (κ3) is 4.63. The Balaban J connectivity index is 1.56. The number of carbonyl (C=O) groups is 1. The molecule has 0 aliphatic carbocycles. The van der Waals surface area contributed by atoms with E-state index in [0.717, 1.165) is 32.5 Å². The van der Waals surface area contributed by atoms with Crippen molar-refractivity contribution >= 4 is 16.7 Å². The molecule has 0 aromatic heterocycles. The number of piperazine rings is 1. The fourth-order valence-corrected chi connectivity index (χ4v) is 3.89. The van der Waals surface area contributed by atoms with E-state index in [2.05, 4.69) is 48.2 Å². The van der Waals surface area contributed by atoms with Crippen molar-refractivity contribution in [3.05, 3.63) is 48.0 Å².